The van der Waals surface area contributed by atoms with E-state index in [4.69, 9.17) is 14.2 Å². The normalized spacial score (nSPS) is 14.4. The van der Waals surface area contributed by atoms with Gasteiger partial charge in [-0.1, -0.05) is 12.1 Å². The molecule has 2 heterocycles. The molecule has 8 nitrogen and oxygen atoms in total. The highest BCUT2D eigenvalue weighted by Gasteiger charge is 2.43. The maximum absolute atomic E-state index is 13.8. The Labute approximate surface area is 214 Å². The van der Waals surface area contributed by atoms with Gasteiger partial charge in [0, 0.05) is 16.8 Å². The number of amides is 1. The molecule has 0 saturated heterocycles. The molecule has 4 aromatic rings. The van der Waals surface area contributed by atoms with E-state index in [0.29, 0.717) is 41.6 Å². The number of hydrogen-bond acceptors (Lipinski definition) is 6. The summed E-state index contributed by atoms with van der Waals surface area (Å²) in [7, 11) is 1.61. The van der Waals surface area contributed by atoms with Crippen molar-refractivity contribution >= 4 is 17.6 Å². The molecular weight excluding hydrogens is 470 g/mol. The second-order valence-corrected chi connectivity index (χ2v) is 8.44. The predicted octanol–water partition coefficient (Wildman–Crippen LogP) is 5.41. The number of methoxy groups -OCH3 is 1. The molecule has 188 valence electrons. The lowest BCUT2D eigenvalue weighted by atomic mass is 9.95. The van der Waals surface area contributed by atoms with Crippen molar-refractivity contribution in [1.82, 2.24) is 10.2 Å². The van der Waals surface area contributed by atoms with Crippen LogP contribution in [0.3, 0.4) is 0 Å². The minimum Gasteiger partial charge on any atom is -0.497 e. The molecule has 1 aromatic heterocycles. The fraction of sp³-hybridized carbons (Fsp3) is 0.207. The summed E-state index contributed by atoms with van der Waals surface area (Å²) in [5, 5.41) is 7.50. The summed E-state index contributed by atoms with van der Waals surface area (Å²) in [6.07, 6.45) is 0. The summed E-state index contributed by atoms with van der Waals surface area (Å²) in [6, 6.07) is 21.7. The van der Waals surface area contributed by atoms with Gasteiger partial charge in [0.05, 0.1) is 37.6 Å². The van der Waals surface area contributed by atoms with Crippen molar-refractivity contribution in [2.45, 2.75) is 19.9 Å². The zero-order valence-corrected chi connectivity index (χ0v) is 20.9. The number of fused-ring (bicyclic) bond motifs is 1. The third-order valence-corrected chi connectivity index (χ3v) is 6.27. The van der Waals surface area contributed by atoms with Gasteiger partial charge in [0.25, 0.3) is 5.91 Å². The average Bonchev–Trinajstić information content (AvgIpc) is 3.48. The molecule has 1 aliphatic heterocycles. The standard InChI is InChI=1S/C29H27N3O5/c1-4-36-22-15-11-18(12-16-22)25-24-26(31-30-25)28(33)32(27(24)20-7-6-8-23(17-20)35-3)21-13-9-19(10-14-21)29(34)37-5-2/h6-17,27H,4-5H2,1-3H3,(H,30,31)/t27-/m0/s1. The Kier molecular flexibility index (Phi) is 6.64. The molecule has 5 rings (SSSR count). The molecule has 0 unspecified atom stereocenters. The maximum atomic E-state index is 13.8. The van der Waals surface area contributed by atoms with Gasteiger partial charge in [-0.05, 0) is 80.1 Å². The largest absolute Gasteiger partial charge is 0.497 e. The van der Waals surface area contributed by atoms with E-state index in [1.54, 1.807) is 43.2 Å². The lowest BCUT2D eigenvalue weighted by molar-refractivity contribution is 0.0526. The number of aromatic nitrogens is 2. The summed E-state index contributed by atoms with van der Waals surface area (Å²) in [5.74, 6) is 0.832. The van der Waals surface area contributed by atoms with Crippen LogP contribution in [0.2, 0.25) is 0 Å². The zero-order valence-electron chi connectivity index (χ0n) is 20.9. The monoisotopic (exact) mass is 497 g/mol. The Morgan fingerprint density at radius 3 is 2.41 bits per heavy atom. The smallest absolute Gasteiger partial charge is 0.338 e. The van der Waals surface area contributed by atoms with Gasteiger partial charge in [-0.3, -0.25) is 14.8 Å². The summed E-state index contributed by atoms with van der Waals surface area (Å²) >= 11 is 0. The first-order chi connectivity index (χ1) is 18.0. The molecule has 0 aliphatic carbocycles. The molecule has 1 amide bonds. The van der Waals surface area contributed by atoms with E-state index in [2.05, 4.69) is 10.2 Å². The first-order valence-electron chi connectivity index (χ1n) is 12.1. The number of carbonyl (C=O) groups is 2. The van der Waals surface area contributed by atoms with E-state index in [1.807, 2.05) is 55.5 Å². The number of ether oxygens (including phenoxy) is 3. The van der Waals surface area contributed by atoms with Gasteiger partial charge in [0.15, 0.2) is 0 Å². The first kappa shape index (κ1) is 24.1. The molecule has 0 fully saturated rings. The van der Waals surface area contributed by atoms with Gasteiger partial charge < -0.3 is 14.2 Å². The number of hydrogen-bond donors (Lipinski definition) is 1. The third-order valence-electron chi connectivity index (χ3n) is 6.27. The number of nitrogens with one attached hydrogen (secondary N) is 1. The number of esters is 1. The minimum absolute atomic E-state index is 0.212. The summed E-state index contributed by atoms with van der Waals surface area (Å²) in [4.78, 5) is 27.6. The Balaban J connectivity index is 1.61. The summed E-state index contributed by atoms with van der Waals surface area (Å²) in [5.41, 5.74) is 4.68. The van der Waals surface area contributed by atoms with Crippen LogP contribution in [0.25, 0.3) is 11.3 Å². The molecule has 1 atom stereocenters. The van der Waals surface area contributed by atoms with E-state index in [-0.39, 0.29) is 5.91 Å². The summed E-state index contributed by atoms with van der Waals surface area (Å²) in [6.45, 7) is 4.57. The van der Waals surface area contributed by atoms with Crippen LogP contribution in [0, 0.1) is 0 Å². The number of aromatic amines is 1. The minimum atomic E-state index is -0.466. The van der Waals surface area contributed by atoms with Crippen molar-refractivity contribution in [1.29, 1.82) is 0 Å². The fourth-order valence-corrected chi connectivity index (χ4v) is 4.61. The maximum Gasteiger partial charge on any atom is 0.338 e. The van der Waals surface area contributed by atoms with Crippen LogP contribution < -0.4 is 14.4 Å². The molecule has 0 spiro atoms. The highest BCUT2D eigenvalue weighted by Crippen LogP contribution is 2.45. The highest BCUT2D eigenvalue weighted by atomic mass is 16.5. The number of carbonyl (C=O) groups excluding carboxylic acids is 2. The van der Waals surface area contributed by atoms with E-state index in [0.717, 1.165) is 22.4 Å². The van der Waals surface area contributed by atoms with Gasteiger partial charge in [-0.25, -0.2) is 4.79 Å². The van der Waals surface area contributed by atoms with Crippen molar-refractivity contribution in [2.75, 3.05) is 25.2 Å². The molecule has 0 radical (unpaired) electrons. The summed E-state index contributed by atoms with van der Waals surface area (Å²) < 4.78 is 16.2. The van der Waals surface area contributed by atoms with Gasteiger partial charge in [0.1, 0.15) is 17.2 Å². The number of benzene rings is 3. The quantitative estimate of drug-likeness (QED) is 0.327. The molecule has 3 aromatic carbocycles. The van der Waals surface area contributed by atoms with E-state index in [9.17, 15) is 9.59 Å². The first-order valence-corrected chi connectivity index (χ1v) is 12.1. The molecule has 37 heavy (non-hydrogen) atoms. The number of nitrogens with zero attached hydrogens (tertiary/aromatic N) is 2. The Bertz CT molecular complexity index is 1430. The molecular formula is C29H27N3O5. The third kappa shape index (κ3) is 4.42. The number of rotatable bonds is 8. The van der Waals surface area contributed by atoms with Crippen LogP contribution in [0.15, 0.2) is 72.8 Å². The highest BCUT2D eigenvalue weighted by molar-refractivity contribution is 6.12. The van der Waals surface area contributed by atoms with Crippen LogP contribution in [0.5, 0.6) is 11.5 Å². The molecule has 1 aliphatic rings. The second-order valence-electron chi connectivity index (χ2n) is 8.44. The van der Waals surface area contributed by atoms with Crippen molar-refractivity contribution < 1.29 is 23.8 Å². The van der Waals surface area contributed by atoms with Crippen molar-refractivity contribution in [3.63, 3.8) is 0 Å². The fourth-order valence-electron chi connectivity index (χ4n) is 4.61. The van der Waals surface area contributed by atoms with Gasteiger partial charge in [-0.2, -0.15) is 5.10 Å². The van der Waals surface area contributed by atoms with Crippen molar-refractivity contribution in [3.8, 4) is 22.8 Å². The van der Waals surface area contributed by atoms with Crippen LogP contribution >= 0.6 is 0 Å². The Hall–Kier alpha value is -4.59. The van der Waals surface area contributed by atoms with Crippen LogP contribution in [-0.2, 0) is 4.74 Å². The molecule has 0 bridgehead atoms. The Morgan fingerprint density at radius 1 is 0.973 bits per heavy atom. The average molecular weight is 498 g/mol. The molecule has 0 saturated carbocycles. The topological polar surface area (TPSA) is 93.8 Å². The van der Waals surface area contributed by atoms with Crippen LogP contribution in [0.1, 0.15) is 51.9 Å². The second kappa shape index (κ2) is 10.2. The lowest BCUT2D eigenvalue weighted by Gasteiger charge is -2.27. The zero-order chi connectivity index (χ0) is 25.9. The van der Waals surface area contributed by atoms with Gasteiger partial charge in [0.2, 0.25) is 0 Å². The molecule has 1 N–H and O–H groups in total. The van der Waals surface area contributed by atoms with Gasteiger partial charge in [-0.15, -0.1) is 0 Å². The lowest BCUT2D eigenvalue weighted by Crippen LogP contribution is -2.29. The molecule has 8 heteroatoms. The van der Waals surface area contributed by atoms with E-state index in [1.165, 1.54) is 0 Å². The number of anilines is 1. The van der Waals surface area contributed by atoms with Crippen LogP contribution in [0.4, 0.5) is 5.69 Å². The van der Waals surface area contributed by atoms with Crippen molar-refractivity contribution in [2.24, 2.45) is 0 Å². The SMILES string of the molecule is CCOC(=O)c1ccc(N2C(=O)c3[nH]nc(-c4ccc(OCC)cc4)c3[C@@H]2c2cccc(OC)c2)cc1. The van der Waals surface area contributed by atoms with Crippen molar-refractivity contribution in [3.05, 3.63) is 95.2 Å². The predicted molar refractivity (Wildman–Crippen MR) is 139 cm³/mol. The van der Waals surface area contributed by atoms with E-state index < -0.39 is 12.0 Å². The van der Waals surface area contributed by atoms with Gasteiger partial charge >= 0.3 is 5.97 Å². The van der Waals surface area contributed by atoms with Crippen LogP contribution in [-0.4, -0.2) is 42.4 Å². The Morgan fingerprint density at radius 2 is 1.73 bits per heavy atom. The number of H-pyrrole nitrogens is 1. The van der Waals surface area contributed by atoms with E-state index >= 15 is 0 Å².